The Balaban J connectivity index is 1.85. The van der Waals surface area contributed by atoms with Crippen LogP contribution in [0.1, 0.15) is 17.7 Å². The summed E-state index contributed by atoms with van der Waals surface area (Å²) in [7, 11) is 0. The van der Waals surface area contributed by atoms with Crippen LogP contribution in [-0.2, 0) is 10.2 Å². The molecule has 2 atom stereocenters. The number of fused-ring (bicyclic) bond motifs is 3. The monoisotopic (exact) mass is 321 g/mol. The third-order valence-electron chi connectivity index (χ3n) is 4.81. The zero-order valence-corrected chi connectivity index (χ0v) is 12.0. The summed E-state index contributed by atoms with van der Waals surface area (Å²) in [5.41, 5.74) is 1.83. The highest BCUT2D eigenvalue weighted by Crippen LogP contribution is 2.52. The van der Waals surface area contributed by atoms with Gasteiger partial charge in [-0.2, -0.15) is 13.2 Å². The van der Waals surface area contributed by atoms with Gasteiger partial charge in [0.1, 0.15) is 6.17 Å². The minimum Gasteiger partial charge on any atom is -0.364 e. The minimum atomic E-state index is -4.87. The van der Waals surface area contributed by atoms with Crippen molar-refractivity contribution in [2.24, 2.45) is 0 Å². The number of anilines is 1. The number of para-hydroxylation sites is 1. The molecule has 1 aromatic carbocycles. The van der Waals surface area contributed by atoms with E-state index in [1.54, 1.807) is 6.20 Å². The Morgan fingerprint density at radius 2 is 2.00 bits per heavy atom. The van der Waals surface area contributed by atoms with Gasteiger partial charge in [-0.25, -0.2) is 0 Å². The molecule has 7 heteroatoms. The van der Waals surface area contributed by atoms with E-state index < -0.39 is 23.7 Å². The van der Waals surface area contributed by atoms with E-state index in [0.717, 1.165) is 21.8 Å². The summed E-state index contributed by atoms with van der Waals surface area (Å²) in [6.45, 7) is 0.0589. The Bertz CT molecular complexity index is 756. The van der Waals surface area contributed by atoms with Crippen LogP contribution >= 0.6 is 0 Å². The lowest BCUT2D eigenvalue weighted by Gasteiger charge is -2.32. The Hall–Kier alpha value is -2.44. The molecule has 23 heavy (non-hydrogen) atoms. The maximum absolute atomic E-state index is 12.9. The van der Waals surface area contributed by atoms with Crippen molar-refractivity contribution < 1.29 is 18.0 Å². The SMILES string of the molecule is O=C(N1CC[C@]2(c3ccc[nH]3)c3ccccc3N[C@H]12)C(F)(F)F. The van der Waals surface area contributed by atoms with Crippen LogP contribution in [0, 0.1) is 0 Å². The summed E-state index contributed by atoms with van der Waals surface area (Å²) in [6.07, 6.45) is -3.43. The first-order valence-electron chi connectivity index (χ1n) is 7.32. The molecule has 4 rings (SSSR count). The molecule has 0 aliphatic carbocycles. The number of aromatic amines is 1. The van der Waals surface area contributed by atoms with Gasteiger partial charge >= 0.3 is 12.1 Å². The molecule has 1 saturated heterocycles. The summed E-state index contributed by atoms with van der Waals surface area (Å²) in [5.74, 6) is -1.80. The van der Waals surface area contributed by atoms with Crippen molar-refractivity contribution in [2.45, 2.75) is 24.2 Å². The maximum atomic E-state index is 12.9. The topological polar surface area (TPSA) is 48.1 Å². The van der Waals surface area contributed by atoms with Crippen molar-refractivity contribution in [2.75, 3.05) is 11.9 Å². The molecule has 2 aliphatic rings. The third-order valence-corrected chi connectivity index (χ3v) is 4.81. The fourth-order valence-corrected chi connectivity index (χ4v) is 3.87. The number of H-pyrrole nitrogens is 1. The minimum absolute atomic E-state index is 0.0589. The van der Waals surface area contributed by atoms with Crippen molar-refractivity contribution in [3.63, 3.8) is 0 Å². The number of rotatable bonds is 1. The quantitative estimate of drug-likeness (QED) is 0.848. The van der Waals surface area contributed by atoms with E-state index in [4.69, 9.17) is 0 Å². The summed E-state index contributed by atoms with van der Waals surface area (Å²) >= 11 is 0. The Morgan fingerprint density at radius 1 is 1.22 bits per heavy atom. The number of nitrogens with zero attached hydrogens (tertiary/aromatic N) is 1. The molecule has 1 fully saturated rings. The van der Waals surface area contributed by atoms with Gasteiger partial charge in [0.15, 0.2) is 0 Å². The molecular weight excluding hydrogens is 307 g/mol. The van der Waals surface area contributed by atoms with E-state index >= 15 is 0 Å². The first kappa shape index (κ1) is 14.2. The van der Waals surface area contributed by atoms with Gasteiger partial charge in [0.25, 0.3) is 0 Å². The van der Waals surface area contributed by atoms with Gasteiger partial charge in [-0.15, -0.1) is 0 Å². The number of likely N-dealkylation sites (tertiary alicyclic amines) is 1. The molecule has 3 heterocycles. The van der Waals surface area contributed by atoms with Crippen molar-refractivity contribution in [1.82, 2.24) is 9.88 Å². The second-order valence-electron chi connectivity index (χ2n) is 5.89. The number of benzene rings is 1. The standard InChI is InChI=1S/C16H14F3N3O/c17-16(18,19)14(23)22-9-7-15(12-6-3-8-20-12)10-4-1-2-5-11(10)21-13(15)22/h1-6,8,13,20-21H,7,9H2/t13-,15-/m1/s1. The van der Waals surface area contributed by atoms with Gasteiger partial charge in [-0.3, -0.25) is 4.79 Å². The van der Waals surface area contributed by atoms with E-state index in [1.807, 2.05) is 36.4 Å². The average Bonchev–Trinajstić information content (AvgIpc) is 3.20. The maximum Gasteiger partial charge on any atom is 0.471 e. The first-order chi connectivity index (χ1) is 10.9. The molecule has 2 aromatic rings. The number of alkyl halides is 3. The average molecular weight is 321 g/mol. The predicted molar refractivity (Wildman–Crippen MR) is 77.8 cm³/mol. The molecule has 0 radical (unpaired) electrons. The van der Waals surface area contributed by atoms with Crippen LogP contribution in [0.15, 0.2) is 42.6 Å². The molecule has 4 nitrogen and oxygen atoms in total. The van der Waals surface area contributed by atoms with Crippen molar-refractivity contribution in [3.8, 4) is 0 Å². The highest BCUT2D eigenvalue weighted by molar-refractivity contribution is 5.84. The predicted octanol–water partition coefficient (Wildman–Crippen LogP) is 2.85. The summed E-state index contributed by atoms with van der Waals surface area (Å²) in [5, 5.41) is 3.11. The van der Waals surface area contributed by atoms with Gasteiger partial charge in [0.05, 0.1) is 5.41 Å². The lowest BCUT2D eigenvalue weighted by Crippen LogP contribution is -2.50. The van der Waals surface area contributed by atoms with E-state index in [0.29, 0.717) is 6.42 Å². The van der Waals surface area contributed by atoms with E-state index in [2.05, 4.69) is 10.3 Å². The number of carbonyl (C=O) groups is 1. The number of hydrogen-bond donors (Lipinski definition) is 2. The number of carbonyl (C=O) groups excluding carboxylic acids is 1. The fraction of sp³-hybridized carbons (Fsp3) is 0.312. The molecule has 0 bridgehead atoms. The van der Waals surface area contributed by atoms with Crippen LogP contribution in [0.3, 0.4) is 0 Å². The van der Waals surface area contributed by atoms with Gasteiger partial charge in [0.2, 0.25) is 0 Å². The largest absolute Gasteiger partial charge is 0.471 e. The molecule has 120 valence electrons. The summed E-state index contributed by atoms with van der Waals surface area (Å²) in [4.78, 5) is 15.8. The van der Waals surface area contributed by atoms with Crippen LogP contribution in [0.4, 0.5) is 18.9 Å². The second-order valence-corrected chi connectivity index (χ2v) is 5.89. The lowest BCUT2D eigenvalue weighted by molar-refractivity contribution is -0.186. The Morgan fingerprint density at radius 3 is 2.70 bits per heavy atom. The smallest absolute Gasteiger partial charge is 0.364 e. The fourth-order valence-electron chi connectivity index (χ4n) is 3.87. The third kappa shape index (κ3) is 1.82. The summed E-state index contributed by atoms with van der Waals surface area (Å²) < 4.78 is 38.8. The molecule has 2 aliphatic heterocycles. The number of aromatic nitrogens is 1. The number of halogens is 3. The molecule has 1 amide bonds. The highest BCUT2D eigenvalue weighted by atomic mass is 19.4. The molecular formula is C16H14F3N3O. The summed E-state index contributed by atoms with van der Waals surface area (Å²) in [6, 6.07) is 11.1. The Kier molecular flexibility index (Phi) is 2.79. The number of amides is 1. The van der Waals surface area contributed by atoms with Gasteiger partial charge < -0.3 is 15.2 Å². The van der Waals surface area contributed by atoms with Crippen LogP contribution in [0.5, 0.6) is 0 Å². The normalized spacial score (nSPS) is 25.9. The van der Waals surface area contributed by atoms with E-state index in [1.165, 1.54) is 0 Å². The number of nitrogens with one attached hydrogen (secondary N) is 2. The van der Waals surface area contributed by atoms with Crippen LogP contribution in [0.2, 0.25) is 0 Å². The first-order valence-corrected chi connectivity index (χ1v) is 7.32. The second kappa shape index (κ2) is 4.53. The van der Waals surface area contributed by atoms with Crippen molar-refractivity contribution >= 4 is 11.6 Å². The lowest BCUT2D eigenvalue weighted by atomic mass is 9.76. The van der Waals surface area contributed by atoms with Gasteiger partial charge in [-0.1, -0.05) is 18.2 Å². The van der Waals surface area contributed by atoms with Gasteiger partial charge in [0, 0.05) is 24.1 Å². The molecule has 0 saturated carbocycles. The zero-order chi connectivity index (χ0) is 16.2. The molecule has 0 spiro atoms. The van der Waals surface area contributed by atoms with Crippen molar-refractivity contribution in [3.05, 3.63) is 53.9 Å². The highest BCUT2D eigenvalue weighted by Gasteiger charge is 2.59. The van der Waals surface area contributed by atoms with Crippen LogP contribution in [-0.4, -0.2) is 34.7 Å². The number of hydrogen-bond acceptors (Lipinski definition) is 2. The molecule has 2 N–H and O–H groups in total. The van der Waals surface area contributed by atoms with E-state index in [-0.39, 0.29) is 6.54 Å². The molecule has 1 aromatic heterocycles. The zero-order valence-electron chi connectivity index (χ0n) is 12.0. The van der Waals surface area contributed by atoms with E-state index in [9.17, 15) is 18.0 Å². The van der Waals surface area contributed by atoms with Crippen molar-refractivity contribution in [1.29, 1.82) is 0 Å². The van der Waals surface area contributed by atoms with Gasteiger partial charge in [-0.05, 0) is 30.2 Å². The molecule has 0 unspecified atom stereocenters. The van der Waals surface area contributed by atoms with Crippen LogP contribution < -0.4 is 5.32 Å². The van der Waals surface area contributed by atoms with Crippen LogP contribution in [0.25, 0.3) is 0 Å². The Labute approximate surface area is 130 Å².